The summed E-state index contributed by atoms with van der Waals surface area (Å²) in [6.07, 6.45) is -0.531. The molecule has 0 aliphatic carbocycles. The zero-order chi connectivity index (χ0) is 17.5. The van der Waals surface area contributed by atoms with Gasteiger partial charge < -0.3 is 9.15 Å². The first-order valence-electron chi connectivity index (χ1n) is 7.70. The molecule has 0 saturated carbocycles. The van der Waals surface area contributed by atoms with E-state index in [1.165, 1.54) is 15.6 Å². The SMILES string of the molecule is Cc1nnc(C2CN(S(=O)(=O)c3ccc(C(C)(C)C)s3)CCO2)o1. The lowest BCUT2D eigenvalue weighted by Gasteiger charge is -2.30. The Morgan fingerprint density at radius 1 is 1.29 bits per heavy atom. The number of thiophene rings is 1. The van der Waals surface area contributed by atoms with E-state index < -0.39 is 16.1 Å². The Morgan fingerprint density at radius 2 is 2.04 bits per heavy atom. The second-order valence-electron chi connectivity index (χ2n) is 6.75. The van der Waals surface area contributed by atoms with Gasteiger partial charge in [0.25, 0.3) is 10.0 Å². The Labute approximate surface area is 145 Å². The van der Waals surface area contributed by atoms with Crippen molar-refractivity contribution in [1.29, 1.82) is 0 Å². The van der Waals surface area contributed by atoms with Crippen LogP contribution in [0.5, 0.6) is 0 Å². The number of rotatable bonds is 3. The van der Waals surface area contributed by atoms with Crippen LogP contribution in [0.1, 0.15) is 43.5 Å². The molecule has 1 saturated heterocycles. The second kappa shape index (κ2) is 6.21. The van der Waals surface area contributed by atoms with E-state index >= 15 is 0 Å². The highest BCUT2D eigenvalue weighted by Crippen LogP contribution is 2.34. The summed E-state index contributed by atoms with van der Waals surface area (Å²) in [5.74, 6) is 0.746. The van der Waals surface area contributed by atoms with Gasteiger partial charge in [0.1, 0.15) is 10.3 Å². The zero-order valence-corrected chi connectivity index (χ0v) is 15.8. The fourth-order valence-corrected chi connectivity index (χ4v) is 5.37. The molecule has 0 bridgehead atoms. The molecule has 0 radical (unpaired) electrons. The quantitative estimate of drug-likeness (QED) is 0.824. The van der Waals surface area contributed by atoms with Crippen molar-refractivity contribution < 1.29 is 17.6 Å². The molecule has 132 valence electrons. The smallest absolute Gasteiger partial charge is 0.252 e. The first-order chi connectivity index (χ1) is 11.2. The number of aryl methyl sites for hydroxylation is 1. The van der Waals surface area contributed by atoms with Crippen LogP contribution in [0.2, 0.25) is 0 Å². The zero-order valence-electron chi connectivity index (χ0n) is 14.1. The van der Waals surface area contributed by atoms with Gasteiger partial charge in [-0.25, -0.2) is 8.42 Å². The molecular weight excluding hydrogens is 350 g/mol. The van der Waals surface area contributed by atoms with Gasteiger partial charge in [0.05, 0.1) is 6.61 Å². The molecule has 1 atom stereocenters. The number of hydrogen-bond donors (Lipinski definition) is 0. The van der Waals surface area contributed by atoms with E-state index in [1.54, 1.807) is 13.0 Å². The summed E-state index contributed by atoms with van der Waals surface area (Å²) in [7, 11) is -3.55. The summed E-state index contributed by atoms with van der Waals surface area (Å²) >= 11 is 1.32. The highest BCUT2D eigenvalue weighted by atomic mass is 32.2. The van der Waals surface area contributed by atoms with Crippen molar-refractivity contribution in [2.45, 2.75) is 43.4 Å². The van der Waals surface area contributed by atoms with Gasteiger partial charge in [0.2, 0.25) is 11.8 Å². The summed E-state index contributed by atoms with van der Waals surface area (Å²) < 4.78 is 38.6. The molecule has 0 spiro atoms. The molecule has 3 heterocycles. The van der Waals surface area contributed by atoms with E-state index in [4.69, 9.17) is 9.15 Å². The fourth-order valence-electron chi connectivity index (χ4n) is 2.42. The number of aromatic nitrogens is 2. The summed E-state index contributed by atoms with van der Waals surface area (Å²) in [5.41, 5.74) is -0.0761. The molecule has 3 rings (SSSR count). The van der Waals surface area contributed by atoms with Crippen molar-refractivity contribution in [3.05, 3.63) is 28.8 Å². The van der Waals surface area contributed by atoms with E-state index in [9.17, 15) is 8.42 Å². The molecule has 9 heteroatoms. The third-order valence-corrected chi connectivity index (χ3v) is 7.60. The van der Waals surface area contributed by atoms with Crippen LogP contribution < -0.4 is 0 Å². The van der Waals surface area contributed by atoms with Gasteiger partial charge in [0, 0.05) is 24.9 Å². The lowest BCUT2D eigenvalue weighted by molar-refractivity contribution is -0.0176. The van der Waals surface area contributed by atoms with E-state index in [-0.39, 0.29) is 12.0 Å². The average molecular weight is 371 g/mol. The van der Waals surface area contributed by atoms with E-state index in [0.717, 1.165) is 4.88 Å². The van der Waals surface area contributed by atoms with Crippen LogP contribution in [0, 0.1) is 6.92 Å². The third-order valence-electron chi connectivity index (χ3n) is 3.76. The standard InChI is InChI=1S/C15H21N3O4S2/c1-10-16-17-14(22-10)11-9-18(7-8-21-11)24(19,20)13-6-5-12(23-13)15(2,3)4/h5-6,11H,7-9H2,1-4H3. The molecule has 0 amide bonds. The average Bonchev–Trinajstić information content (AvgIpc) is 3.16. The number of sulfonamides is 1. The van der Waals surface area contributed by atoms with Crippen LogP contribution >= 0.6 is 11.3 Å². The second-order valence-corrected chi connectivity index (χ2v) is 10.00. The monoisotopic (exact) mass is 371 g/mol. The van der Waals surface area contributed by atoms with Crippen molar-refractivity contribution in [3.63, 3.8) is 0 Å². The van der Waals surface area contributed by atoms with Crippen molar-refractivity contribution >= 4 is 21.4 Å². The Kier molecular flexibility index (Phi) is 4.54. The molecule has 1 aliphatic heterocycles. The molecule has 1 fully saturated rings. The number of nitrogens with zero attached hydrogens (tertiary/aromatic N) is 3. The van der Waals surface area contributed by atoms with E-state index in [2.05, 4.69) is 31.0 Å². The van der Waals surface area contributed by atoms with Crippen LogP contribution in [0.15, 0.2) is 20.8 Å². The molecule has 2 aromatic heterocycles. The molecule has 1 unspecified atom stereocenters. The first kappa shape index (κ1) is 17.5. The number of morpholine rings is 1. The lowest BCUT2D eigenvalue weighted by atomic mass is 9.95. The van der Waals surface area contributed by atoms with Gasteiger partial charge in [-0.05, 0) is 17.5 Å². The maximum Gasteiger partial charge on any atom is 0.252 e. The molecular formula is C15H21N3O4S2. The van der Waals surface area contributed by atoms with Crippen molar-refractivity contribution in [1.82, 2.24) is 14.5 Å². The largest absolute Gasteiger partial charge is 0.423 e. The Balaban J connectivity index is 1.83. The van der Waals surface area contributed by atoms with Crippen LogP contribution in [0.25, 0.3) is 0 Å². The van der Waals surface area contributed by atoms with Gasteiger partial charge >= 0.3 is 0 Å². The van der Waals surface area contributed by atoms with Crippen LogP contribution in [-0.2, 0) is 20.2 Å². The first-order valence-corrected chi connectivity index (χ1v) is 9.95. The third kappa shape index (κ3) is 3.39. The van der Waals surface area contributed by atoms with Crippen LogP contribution in [-0.4, -0.2) is 42.6 Å². The van der Waals surface area contributed by atoms with Gasteiger partial charge in [-0.15, -0.1) is 21.5 Å². The molecule has 7 nitrogen and oxygen atoms in total. The number of hydrogen-bond acceptors (Lipinski definition) is 7. The van der Waals surface area contributed by atoms with E-state index in [0.29, 0.717) is 29.1 Å². The molecule has 24 heavy (non-hydrogen) atoms. The molecule has 0 aromatic carbocycles. The topological polar surface area (TPSA) is 85.5 Å². The Bertz CT molecular complexity index is 820. The van der Waals surface area contributed by atoms with Crippen molar-refractivity contribution in [2.75, 3.05) is 19.7 Å². The minimum Gasteiger partial charge on any atom is -0.423 e. The minimum absolute atomic E-state index is 0.0761. The fraction of sp³-hybridized carbons (Fsp3) is 0.600. The number of ether oxygens (including phenoxy) is 1. The van der Waals surface area contributed by atoms with Gasteiger partial charge in [-0.2, -0.15) is 4.31 Å². The van der Waals surface area contributed by atoms with Gasteiger partial charge in [0.15, 0.2) is 0 Å². The summed E-state index contributed by atoms with van der Waals surface area (Å²) in [6.45, 7) is 8.67. The van der Waals surface area contributed by atoms with Crippen molar-refractivity contribution in [2.24, 2.45) is 0 Å². The minimum atomic E-state index is -3.55. The van der Waals surface area contributed by atoms with Crippen molar-refractivity contribution in [3.8, 4) is 0 Å². The summed E-state index contributed by atoms with van der Waals surface area (Å²) in [4.78, 5) is 1.04. The van der Waals surface area contributed by atoms with Crippen LogP contribution in [0.3, 0.4) is 0 Å². The predicted molar refractivity (Wildman–Crippen MR) is 89.5 cm³/mol. The lowest BCUT2D eigenvalue weighted by Crippen LogP contribution is -2.42. The Hall–Kier alpha value is -1.29. The molecule has 1 aliphatic rings. The Morgan fingerprint density at radius 3 is 2.62 bits per heavy atom. The van der Waals surface area contributed by atoms with Gasteiger partial charge in [-0.3, -0.25) is 0 Å². The maximum absolute atomic E-state index is 12.9. The summed E-state index contributed by atoms with van der Waals surface area (Å²) in [6, 6.07) is 3.57. The predicted octanol–water partition coefficient (Wildman–Crippen LogP) is 2.50. The van der Waals surface area contributed by atoms with Gasteiger partial charge in [-0.1, -0.05) is 20.8 Å². The normalized spacial score (nSPS) is 20.4. The maximum atomic E-state index is 12.9. The molecule has 0 N–H and O–H groups in total. The molecule has 2 aromatic rings. The highest BCUT2D eigenvalue weighted by molar-refractivity contribution is 7.91. The summed E-state index contributed by atoms with van der Waals surface area (Å²) in [5, 5.41) is 7.71. The highest BCUT2D eigenvalue weighted by Gasteiger charge is 2.35. The van der Waals surface area contributed by atoms with Crippen LogP contribution in [0.4, 0.5) is 0 Å². The van der Waals surface area contributed by atoms with E-state index in [1.807, 2.05) is 6.07 Å².